The van der Waals surface area contributed by atoms with Crippen LogP contribution >= 0.6 is 0 Å². The zero-order valence-electron chi connectivity index (χ0n) is 17.7. The maximum absolute atomic E-state index is 12.6. The summed E-state index contributed by atoms with van der Waals surface area (Å²) in [6.45, 7) is 8.44. The fraction of sp³-hybridized carbons (Fsp3) is 0.850. The molecular formula is C20H35NO7. The third kappa shape index (κ3) is 5.75. The van der Waals surface area contributed by atoms with Gasteiger partial charge in [-0.05, 0) is 26.2 Å². The number of Topliss-reactive ketones (excluding diaryl/α,β-unsaturated/α-hetero) is 1. The number of cyclic esters (lactones) is 1. The highest BCUT2D eigenvalue weighted by molar-refractivity contribution is 5.99. The molecule has 8 nitrogen and oxygen atoms in total. The lowest BCUT2D eigenvalue weighted by molar-refractivity contribution is -0.167. The van der Waals surface area contributed by atoms with E-state index in [1.165, 1.54) is 6.92 Å². The Hall–Kier alpha value is -1.51. The van der Waals surface area contributed by atoms with Crippen molar-refractivity contribution in [3.8, 4) is 0 Å². The maximum atomic E-state index is 12.6. The number of ether oxygens (including phenoxy) is 2. The van der Waals surface area contributed by atoms with Gasteiger partial charge in [-0.3, -0.25) is 9.59 Å². The summed E-state index contributed by atoms with van der Waals surface area (Å²) in [6, 6.07) is 0. The molecule has 1 fully saturated rings. The van der Waals surface area contributed by atoms with Crippen molar-refractivity contribution >= 4 is 17.5 Å². The van der Waals surface area contributed by atoms with Crippen LogP contribution in [0.25, 0.3) is 0 Å². The van der Waals surface area contributed by atoms with Gasteiger partial charge in [-0.25, -0.2) is 0 Å². The van der Waals surface area contributed by atoms with Crippen molar-refractivity contribution < 1.29 is 34.5 Å². The van der Waals surface area contributed by atoms with Gasteiger partial charge in [-0.15, -0.1) is 0 Å². The molecule has 1 aliphatic rings. The van der Waals surface area contributed by atoms with Crippen LogP contribution in [0.2, 0.25) is 0 Å². The van der Waals surface area contributed by atoms with E-state index in [1.807, 2.05) is 6.92 Å². The molecule has 0 aromatic heterocycles. The highest BCUT2D eigenvalue weighted by Gasteiger charge is 2.38. The molecule has 28 heavy (non-hydrogen) atoms. The van der Waals surface area contributed by atoms with Gasteiger partial charge in [0.25, 0.3) is 0 Å². The number of nitrogens with zero attached hydrogens (tertiary/aromatic N) is 1. The fourth-order valence-corrected chi connectivity index (χ4v) is 3.83. The topological polar surface area (TPSA) is 126 Å². The van der Waals surface area contributed by atoms with Crippen LogP contribution in [0.1, 0.15) is 53.9 Å². The average molecular weight is 402 g/mol. The van der Waals surface area contributed by atoms with Crippen molar-refractivity contribution in [2.45, 2.75) is 78.3 Å². The van der Waals surface area contributed by atoms with Gasteiger partial charge in [-0.1, -0.05) is 32.9 Å². The lowest BCUT2D eigenvalue weighted by Crippen LogP contribution is -2.47. The summed E-state index contributed by atoms with van der Waals surface area (Å²) in [5.41, 5.74) is 0.319. The normalized spacial score (nSPS) is 40.8. The first-order chi connectivity index (χ1) is 13.1. The van der Waals surface area contributed by atoms with Crippen LogP contribution in [0, 0.1) is 23.7 Å². The van der Waals surface area contributed by atoms with E-state index >= 15 is 0 Å². The Morgan fingerprint density at radius 1 is 1.07 bits per heavy atom. The molecule has 162 valence electrons. The molecule has 5 unspecified atom stereocenters. The summed E-state index contributed by atoms with van der Waals surface area (Å²) >= 11 is 0. The van der Waals surface area contributed by atoms with Crippen molar-refractivity contribution in [3.63, 3.8) is 0 Å². The number of ketones is 1. The Labute approximate surface area is 166 Å². The van der Waals surface area contributed by atoms with E-state index < -0.39 is 42.0 Å². The third-order valence-corrected chi connectivity index (χ3v) is 5.83. The third-order valence-electron chi connectivity index (χ3n) is 5.83. The number of hydrogen-bond acceptors (Lipinski definition) is 8. The van der Waals surface area contributed by atoms with Gasteiger partial charge in [0.05, 0.1) is 17.9 Å². The molecule has 1 saturated heterocycles. The Balaban J connectivity index is 3.28. The van der Waals surface area contributed by atoms with Crippen molar-refractivity contribution in [1.29, 1.82) is 0 Å². The molecule has 0 radical (unpaired) electrons. The summed E-state index contributed by atoms with van der Waals surface area (Å²) in [7, 11) is 1.54. The van der Waals surface area contributed by atoms with E-state index in [9.17, 15) is 25.0 Å². The number of rotatable bonds is 2. The number of oxime groups is 1. The number of hydrogen-bond donors (Lipinski definition) is 3. The smallest absolute Gasteiger partial charge is 0.316 e. The predicted molar refractivity (Wildman–Crippen MR) is 103 cm³/mol. The molecule has 0 spiro atoms. The standard InChI is InChI=1S/C20H35NO7/c1-7-15-19(24)18(23)12(4)16(21-26)10(2)8-14(27-6)9-11(3)17(22)13(5)20(25)28-15/h10-15,18-19,23-24,26H,7-9H2,1-6H3/b21-16+/t10-,11-,12?,13?,14?,15-,18?,19?/m1/s1. The molecule has 0 amide bonds. The lowest BCUT2D eigenvalue weighted by atomic mass is 9.82. The number of methoxy groups -OCH3 is 1. The zero-order chi connectivity index (χ0) is 21.6. The second-order valence-corrected chi connectivity index (χ2v) is 7.93. The predicted octanol–water partition coefficient (Wildman–Crippen LogP) is 1.78. The van der Waals surface area contributed by atoms with E-state index in [4.69, 9.17) is 9.47 Å². The monoisotopic (exact) mass is 401 g/mol. The second-order valence-electron chi connectivity index (χ2n) is 7.93. The van der Waals surface area contributed by atoms with E-state index in [0.717, 1.165) is 0 Å². The summed E-state index contributed by atoms with van der Waals surface area (Å²) in [5.74, 6) is -3.30. The van der Waals surface area contributed by atoms with Crippen molar-refractivity contribution in [2.75, 3.05) is 7.11 Å². The Kier molecular flexibility index (Phi) is 9.53. The first kappa shape index (κ1) is 24.5. The van der Waals surface area contributed by atoms with Crippen LogP contribution in [-0.2, 0) is 19.1 Å². The summed E-state index contributed by atoms with van der Waals surface area (Å²) in [5, 5.41) is 34.0. The van der Waals surface area contributed by atoms with Gasteiger partial charge in [0.1, 0.15) is 23.9 Å². The van der Waals surface area contributed by atoms with Gasteiger partial charge < -0.3 is 24.9 Å². The molecule has 8 heteroatoms. The van der Waals surface area contributed by atoms with Crippen LogP contribution in [0.4, 0.5) is 0 Å². The zero-order valence-corrected chi connectivity index (χ0v) is 17.7. The minimum Gasteiger partial charge on any atom is -0.459 e. The Morgan fingerprint density at radius 3 is 2.14 bits per heavy atom. The van der Waals surface area contributed by atoms with Gasteiger partial charge in [-0.2, -0.15) is 0 Å². The van der Waals surface area contributed by atoms with Gasteiger partial charge in [0, 0.05) is 24.9 Å². The van der Waals surface area contributed by atoms with E-state index in [2.05, 4.69) is 5.16 Å². The molecular weight excluding hydrogens is 366 g/mol. The number of carbonyl (C=O) groups excluding carboxylic acids is 2. The first-order valence-electron chi connectivity index (χ1n) is 9.93. The number of carbonyl (C=O) groups is 2. The number of aliphatic hydroxyl groups excluding tert-OH is 2. The van der Waals surface area contributed by atoms with Gasteiger partial charge in [0.15, 0.2) is 0 Å². The van der Waals surface area contributed by atoms with Crippen molar-refractivity contribution in [1.82, 2.24) is 0 Å². The fourth-order valence-electron chi connectivity index (χ4n) is 3.83. The molecule has 1 aliphatic heterocycles. The van der Waals surface area contributed by atoms with Crippen LogP contribution in [0.5, 0.6) is 0 Å². The van der Waals surface area contributed by atoms with Crippen molar-refractivity contribution in [3.05, 3.63) is 0 Å². The van der Waals surface area contributed by atoms with E-state index in [0.29, 0.717) is 18.6 Å². The van der Waals surface area contributed by atoms with E-state index in [1.54, 1.807) is 27.9 Å². The average Bonchev–Trinajstić information content (AvgIpc) is 2.68. The second kappa shape index (κ2) is 10.9. The highest BCUT2D eigenvalue weighted by atomic mass is 16.6. The Morgan fingerprint density at radius 2 is 1.64 bits per heavy atom. The first-order valence-corrected chi connectivity index (χ1v) is 9.93. The molecule has 1 heterocycles. The van der Waals surface area contributed by atoms with Crippen LogP contribution in [0.15, 0.2) is 5.16 Å². The summed E-state index contributed by atoms with van der Waals surface area (Å²) in [6.07, 6.45) is -2.81. The minimum absolute atomic E-state index is 0.253. The molecule has 1 rings (SSSR count). The minimum atomic E-state index is -1.38. The molecule has 0 saturated carbocycles. The molecule has 3 N–H and O–H groups in total. The van der Waals surface area contributed by atoms with Crippen LogP contribution in [0.3, 0.4) is 0 Å². The van der Waals surface area contributed by atoms with Crippen molar-refractivity contribution in [2.24, 2.45) is 28.8 Å². The van der Waals surface area contributed by atoms with Crippen LogP contribution < -0.4 is 0 Å². The molecule has 0 bridgehead atoms. The molecule has 0 aromatic rings. The SMILES string of the molecule is CC[C@H]1OC(=O)C(C)C(=O)[C@H](C)CC(OC)C[C@@H](C)/C(=N\O)C(C)C(O)C1O. The number of esters is 1. The highest BCUT2D eigenvalue weighted by Crippen LogP contribution is 2.26. The van der Waals surface area contributed by atoms with Gasteiger partial charge in [0.2, 0.25) is 0 Å². The lowest BCUT2D eigenvalue weighted by Gasteiger charge is -2.33. The Bertz CT molecular complexity index is 565. The molecule has 0 aliphatic carbocycles. The summed E-state index contributed by atoms with van der Waals surface area (Å²) in [4.78, 5) is 25.1. The van der Waals surface area contributed by atoms with Gasteiger partial charge >= 0.3 is 5.97 Å². The molecule has 8 atom stereocenters. The van der Waals surface area contributed by atoms with E-state index in [-0.39, 0.29) is 24.2 Å². The summed E-state index contributed by atoms with van der Waals surface area (Å²) < 4.78 is 10.8. The van der Waals surface area contributed by atoms with Crippen LogP contribution in [-0.4, -0.2) is 64.4 Å². The number of aliphatic hydroxyl groups is 2. The molecule has 0 aromatic carbocycles. The quantitative estimate of drug-likeness (QED) is 0.279. The largest absolute Gasteiger partial charge is 0.459 e. The maximum Gasteiger partial charge on any atom is 0.316 e.